The normalized spacial score (nSPS) is 18.7. The van der Waals surface area contributed by atoms with Crippen molar-refractivity contribution >= 4 is 40.9 Å². The lowest BCUT2D eigenvalue weighted by Gasteiger charge is -2.15. The van der Waals surface area contributed by atoms with E-state index in [2.05, 4.69) is 21.7 Å². The number of carbonyl (C=O) groups is 2. The van der Waals surface area contributed by atoms with Crippen molar-refractivity contribution in [3.05, 3.63) is 70.3 Å². The topological polar surface area (TPSA) is 70.6 Å². The summed E-state index contributed by atoms with van der Waals surface area (Å²) < 4.78 is 0. The highest BCUT2D eigenvalue weighted by molar-refractivity contribution is 6.31. The van der Waals surface area contributed by atoms with Crippen LogP contribution in [-0.4, -0.2) is 30.6 Å². The molecule has 0 radical (unpaired) electrons. The number of hydrogen-bond acceptors (Lipinski definition) is 3. The van der Waals surface area contributed by atoms with E-state index in [-0.39, 0.29) is 11.8 Å². The predicted octanol–water partition coefficient (Wildman–Crippen LogP) is 3.10. The van der Waals surface area contributed by atoms with Crippen LogP contribution in [0.25, 0.3) is 5.57 Å². The summed E-state index contributed by atoms with van der Waals surface area (Å²) in [6, 6.07) is 12.1. The largest absolute Gasteiger partial charge is 0.340 e. The Morgan fingerprint density at radius 2 is 1.92 bits per heavy atom. The zero-order valence-corrected chi connectivity index (χ0v) is 14.6. The van der Waals surface area contributed by atoms with Crippen LogP contribution in [0.15, 0.2) is 53.5 Å². The lowest BCUT2D eigenvalue weighted by Crippen LogP contribution is -2.42. The van der Waals surface area contributed by atoms with Crippen LogP contribution in [0.4, 0.5) is 5.69 Å². The summed E-state index contributed by atoms with van der Waals surface area (Å²) in [7, 11) is 0. The second kappa shape index (κ2) is 6.77. The van der Waals surface area contributed by atoms with E-state index in [1.54, 1.807) is 18.2 Å². The van der Waals surface area contributed by atoms with Gasteiger partial charge < -0.3 is 10.6 Å². The second-order valence-corrected chi connectivity index (χ2v) is 6.70. The zero-order valence-electron chi connectivity index (χ0n) is 13.8. The Morgan fingerprint density at radius 1 is 1.12 bits per heavy atom. The molecule has 0 saturated carbocycles. The van der Waals surface area contributed by atoms with Crippen LogP contribution in [-0.2, 0) is 11.2 Å². The fraction of sp³-hybridized carbons (Fsp3) is 0.150. The van der Waals surface area contributed by atoms with Crippen LogP contribution in [0.1, 0.15) is 21.5 Å². The third-order valence-electron chi connectivity index (χ3n) is 4.48. The monoisotopic (exact) mass is 365 g/mol. The summed E-state index contributed by atoms with van der Waals surface area (Å²) in [4.78, 5) is 29.1. The number of allylic oxidation sites excluding steroid dienone is 1. The third kappa shape index (κ3) is 3.26. The Labute approximate surface area is 155 Å². The Morgan fingerprint density at radius 3 is 2.65 bits per heavy atom. The molecular formula is C20H16ClN3O2. The van der Waals surface area contributed by atoms with Crippen molar-refractivity contribution in [3.8, 4) is 0 Å². The summed E-state index contributed by atoms with van der Waals surface area (Å²) in [6.07, 6.45) is 4.33. The maximum atomic E-state index is 12.5. The molecule has 2 aromatic rings. The Hall–Kier alpha value is -2.92. The van der Waals surface area contributed by atoms with E-state index in [0.717, 1.165) is 23.2 Å². The number of carbonyl (C=O) groups excluding carboxylic acids is 2. The molecule has 2 aliphatic rings. The molecule has 4 rings (SSSR count). The summed E-state index contributed by atoms with van der Waals surface area (Å²) >= 11 is 5.96. The van der Waals surface area contributed by atoms with Gasteiger partial charge in [0, 0.05) is 17.7 Å². The number of rotatable bonds is 3. The zero-order chi connectivity index (χ0) is 18.1. The van der Waals surface area contributed by atoms with Crippen molar-refractivity contribution < 1.29 is 9.59 Å². The van der Waals surface area contributed by atoms with E-state index in [1.165, 1.54) is 0 Å². The first-order chi connectivity index (χ1) is 12.6. The number of nitrogens with one attached hydrogen (secondary N) is 2. The van der Waals surface area contributed by atoms with Crippen molar-refractivity contribution in [2.24, 2.45) is 4.99 Å². The standard InChI is InChI=1S/C20H16ClN3O2/c21-15-5-6-17-16(10-15)19(25)24-18(20(26)23-17)9-12-1-3-13(4-2-12)14-7-8-22-11-14/h1-7,10-11,18H,8-9H2,(H,23,26)(H,24,25). The quantitative estimate of drug-likeness (QED) is 0.877. The SMILES string of the molecule is O=C1NC(Cc2ccc(C3=CCN=C3)cc2)C(=O)Nc2ccc(Cl)cc21. The highest BCUT2D eigenvalue weighted by Gasteiger charge is 2.28. The molecule has 1 atom stereocenters. The number of hydrogen-bond donors (Lipinski definition) is 2. The van der Waals surface area contributed by atoms with Crippen molar-refractivity contribution in [2.75, 3.05) is 11.9 Å². The molecule has 5 nitrogen and oxygen atoms in total. The maximum Gasteiger partial charge on any atom is 0.254 e. The van der Waals surface area contributed by atoms with Gasteiger partial charge in [0.05, 0.1) is 17.8 Å². The van der Waals surface area contributed by atoms with Gasteiger partial charge in [-0.05, 0) is 34.9 Å². The molecule has 0 saturated heterocycles. The van der Waals surface area contributed by atoms with Gasteiger partial charge in [-0.25, -0.2) is 0 Å². The Balaban J connectivity index is 1.52. The van der Waals surface area contributed by atoms with Gasteiger partial charge >= 0.3 is 0 Å². The molecule has 2 amide bonds. The molecule has 0 aliphatic carbocycles. The molecular weight excluding hydrogens is 350 g/mol. The molecule has 2 aliphatic heterocycles. The van der Waals surface area contributed by atoms with E-state index >= 15 is 0 Å². The minimum Gasteiger partial charge on any atom is -0.340 e. The van der Waals surface area contributed by atoms with Crippen LogP contribution >= 0.6 is 11.6 Å². The molecule has 0 fully saturated rings. The van der Waals surface area contributed by atoms with Gasteiger partial charge in [-0.2, -0.15) is 0 Å². The number of fused-ring (bicyclic) bond motifs is 1. The van der Waals surface area contributed by atoms with Crippen molar-refractivity contribution in [3.63, 3.8) is 0 Å². The predicted molar refractivity (Wildman–Crippen MR) is 103 cm³/mol. The minimum atomic E-state index is -0.646. The molecule has 2 N–H and O–H groups in total. The number of amides is 2. The average molecular weight is 366 g/mol. The summed E-state index contributed by atoms with van der Waals surface area (Å²) in [5.74, 6) is -0.552. The van der Waals surface area contributed by atoms with Gasteiger partial charge in [0.2, 0.25) is 5.91 Å². The van der Waals surface area contributed by atoms with Crippen LogP contribution < -0.4 is 10.6 Å². The second-order valence-electron chi connectivity index (χ2n) is 6.26. The van der Waals surface area contributed by atoms with Gasteiger partial charge in [0.1, 0.15) is 6.04 Å². The van der Waals surface area contributed by atoms with Crippen LogP contribution in [0, 0.1) is 0 Å². The van der Waals surface area contributed by atoms with Crippen LogP contribution in [0.3, 0.4) is 0 Å². The van der Waals surface area contributed by atoms with Gasteiger partial charge in [-0.15, -0.1) is 0 Å². The average Bonchev–Trinajstić information content (AvgIpc) is 3.14. The van der Waals surface area contributed by atoms with E-state index in [4.69, 9.17) is 11.6 Å². The number of nitrogens with zero attached hydrogens (tertiary/aromatic N) is 1. The van der Waals surface area contributed by atoms with Crippen molar-refractivity contribution in [1.29, 1.82) is 0 Å². The molecule has 2 aromatic carbocycles. The summed E-state index contributed by atoms with van der Waals surface area (Å²) in [5, 5.41) is 6.04. The number of benzene rings is 2. The maximum absolute atomic E-state index is 12.5. The molecule has 130 valence electrons. The summed E-state index contributed by atoms with van der Waals surface area (Å²) in [6.45, 7) is 0.718. The number of anilines is 1. The minimum absolute atomic E-state index is 0.242. The number of aliphatic imine (C=N–C) groups is 1. The van der Waals surface area contributed by atoms with Gasteiger partial charge in [-0.1, -0.05) is 41.9 Å². The summed E-state index contributed by atoms with van der Waals surface area (Å²) in [5.41, 5.74) is 4.00. The molecule has 2 heterocycles. The fourth-order valence-corrected chi connectivity index (χ4v) is 3.27. The number of halogens is 1. The Kier molecular flexibility index (Phi) is 4.31. The molecule has 6 heteroatoms. The van der Waals surface area contributed by atoms with E-state index in [0.29, 0.717) is 22.7 Å². The van der Waals surface area contributed by atoms with Crippen LogP contribution in [0.5, 0.6) is 0 Å². The third-order valence-corrected chi connectivity index (χ3v) is 4.72. The van der Waals surface area contributed by atoms with Crippen LogP contribution in [0.2, 0.25) is 5.02 Å². The molecule has 0 spiro atoms. The van der Waals surface area contributed by atoms with Crippen molar-refractivity contribution in [2.45, 2.75) is 12.5 Å². The lowest BCUT2D eigenvalue weighted by molar-refractivity contribution is -0.117. The van der Waals surface area contributed by atoms with Crippen molar-refractivity contribution in [1.82, 2.24) is 5.32 Å². The first-order valence-corrected chi connectivity index (χ1v) is 8.68. The first-order valence-electron chi connectivity index (χ1n) is 8.31. The van der Waals surface area contributed by atoms with E-state index < -0.39 is 6.04 Å². The molecule has 26 heavy (non-hydrogen) atoms. The smallest absolute Gasteiger partial charge is 0.254 e. The molecule has 0 bridgehead atoms. The van der Waals surface area contributed by atoms with E-state index in [1.807, 2.05) is 30.5 Å². The Bertz CT molecular complexity index is 948. The lowest BCUT2D eigenvalue weighted by atomic mass is 10.0. The highest BCUT2D eigenvalue weighted by atomic mass is 35.5. The fourth-order valence-electron chi connectivity index (χ4n) is 3.09. The van der Waals surface area contributed by atoms with Gasteiger partial charge in [0.25, 0.3) is 5.91 Å². The van der Waals surface area contributed by atoms with Gasteiger partial charge in [-0.3, -0.25) is 14.6 Å². The molecule has 1 unspecified atom stereocenters. The van der Waals surface area contributed by atoms with E-state index in [9.17, 15) is 9.59 Å². The first kappa shape index (κ1) is 16.5. The molecule has 0 aromatic heterocycles. The van der Waals surface area contributed by atoms with Gasteiger partial charge in [0.15, 0.2) is 0 Å². The highest BCUT2D eigenvalue weighted by Crippen LogP contribution is 2.24.